The molecule has 104 valence electrons. The fraction of sp³-hybridized carbons (Fsp3) is 0.312. The quantitative estimate of drug-likeness (QED) is 0.863. The first-order valence-electron chi connectivity index (χ1n) is 6.79. The summed E-state index contributed by atoms with van der Waals surface area (Å²) in [5, 5.41) is 0. The van der Waals surface area contributed by atoms with Crippen molar-refractivity contribution >= 4 is 17.8 Å². The highest BCUT2D eigenvalue weighted by Gasteiger charge is 2.23. The van der Waals surface area contributed by atoms with Gasteiger partial charge in [-0.1, -0.05) is 18.2 Å². The van der Waals surface area contributed by atoms with Gasteiger partial charge >= 0.3 is 0 Å². The first kappa shape index (κ1) is 13.2. The highest BCUT2D eigenvalue weighted by atomic mass is 32.1. The molecule has 0 saturated carbocycles. The minimum atomic E-state index is 0.409. The topological polar surface area (TPSA) is 29.9 Å². The fourth-order valence-corrected chi connectivity index (χ4v) is 2.99. The third-order valence-electron chi connectivity index (χ3n) is 3.90. The Morgan fingerprint density at radius 1 is 1.30 bits per heavy atom. The largest absolute Gasteiger partial charge is 0.497 e. The summed E-state index contributed by atoms with van der Waals surface area (Å²) < 4.78 is 7.97. The number of aryl methyl sites for hydroxylation is 1. The molecular formula is C16H18N2OS. The van der Waals surface area contributed by atoms with Gasteiger partial charge in [-0.25, -0.2) is 0 Å². The van der Waals surface area contributed by atoms with Gasteiger partial charge in [0.2, 0.25) is 0 Å². The molecule has 1 N–H and O–H groups in total. The molecule has 0 bridgehead atoms. The Morgan fingerprint density at radius 2 is 2.05 bits per heavy atom. The van der Waals surface area contributed by atoms with E-state index < -0.39 is 0 Å². The van der Waals surface area contributed by atoms with Crippen molar-refractivity contribution in [1.82, 2.24) is 9.55 Å². The Labute approximate surface area is 123 Å². The lowest BCUT2D eigenvalue weighted by Gasteiger charge is -2.14. The monoisotopic (exact) mass is 286 g/mol. The molecule has 0 fully saturated rings. The van der Waals surface area contributed by atoms with Crippen LogP contribution in [0.2, 0.25) is 0 Å². The van der Waals surface area contributed by atoms with Crippen molar-refractivity contribution in [2.24, 2.45) is 7.05 Å². The van der Waals surface area contributed by atoms with Gasteiger partial charge in [-0.3, -0.25) is 0 Å². The van der Waals surface area contributed by atoms with E-state index in [-0.39, 0.29) is 0 Å². The zero-order chi connectivity index (χ0) is 14.1. The second-order valence-corrected chi connectivity index (χ2v) is 5.53. The number of aromatic nitrogens is 2. The molecule has 0 amide bonds. The van der Waals surface area contributed by atoms with Crippen molar-refractivity contribution < 1.29 is 4.74 Å². The van der Waals surface area contributed by atoms with Crippen LogP contribution in [0.1, 0.15) is 30.0 Å². The number of nitrogens with zero attached hydrogens (tertiary/aromatic N) is 1. The number of allylic oxidation sites excluding steroid dienone is 2. The molecule has 20 heavy (non-hydrogen) atoms. The maximum atomic E-state index is 5.27. The first-order chi connectivity index (χ1) is 9.69. The van der Waals surface area contributed by atoms with Gasteiger partial charge in [-0.15, -0.1) is 0 Å². The van der Waals surface area contributed by atoms with Crippen LogP contribution in [-0.2, 0) is 7.05 Å². The lowest BCUT2D eigenvalue weighted by atomic mass is 9.92. The number of aromatic amines is 1. The number of rotatable bonds is 3. The first-order valence-corrected chi connectivity index (χ1v) is 7.20. The number of H-pyrrole nitrogens is 1. The minimum Gasteiger partial charge on any atom is -0.497 e. The van der Waals surface area contributed by atoms with Crippen LogP contribution in [0, 0.1) is 4.77 Å². The molecule has 3 nitrogen and oxygen atoms in total. The summed E-state index contributed by atoms with van der Waals surface area (Å²) in [6.45, 7) is 0. The molecule has 1 atom stereocenters. The molecule has 1 aliphatic carbocycles. The second kappa shape index (κ2) is 5.29. The van der Waals surface area contributed by atoms with E-state index in [1.54, 1.807) is 7.11 Å². The molecule has 3 rings (SSSR count). The van der Waals surface area contributed by atoms with E-state index in [2.05, 4.69) is 29.4 Å². The maximum absolute atomic E-state index is 5.27. The Kier molecular flexibility index (Phi) is 3.49. The Morgan fingerprint density at radius 3 is 2.65 bits per heavy atom. The number of benzene rings is 1. The van der Waals surface area contributed by atoms with E-state index in [0.717, 1.165) is 23.4 Å². The van der Waals surface area contributed by atoms with Gasteiger partial charge < -0.3 is 14.3 Å². The number of imidazole rings is 1. The summed E-state index contributed by atoms with van der Waals surface area (Å²) >= 11 is 5.27. The average molecular weight is 286 g/mol. The molecule has 0 spiro atoms. The van der Waals surface area contributed by atoms with Crippen LogP contribution in [0.15, 0.2) is 36.5 Å². The van der Waals surface area contributed by atoms with Crippen molar-refractivity contribution in [2.75, 3.05) is 7.11 Å². The zero-order valence-electron chi connectivity index (χ0n) is 11.7. The highest BCUT2D eigenvalue weighted by molar-refractivity contribution is 7.71. The van der Waals surface area contributed by atoms with Crippen LogP contribution in [0.5, 0.6) is 5.75 Å². The molecule has 1 unspecified atom stereocenters. The third-order valence-corrected chi connectivity index (χ3v) is 4.29. The maximum Gasteiger partial charge on any atom is 0.177 e. The smallest absolute Gasteiger partial charge is 0.177 e. The molecule has 0 saturated heterocycles. The third kappa shape index (κ3) is 2.31. The van der Waals surface area contributed by atoms with Crippen LogP contribution >= 0.6 is 12.2 Å². The van der Waals surface area contributed by atoms with E-state index >= 15 is 0 Å². The SMILES string of the molecule is COc1ccc(C2=CCCC2c2cn(C)c(=S)[nH]2)cc1. The minimum absolute atomic E-state index is 0.409. The van der Waals surface area contributed by atoms with E-state index in [4.69, 9.17) is 17.0 Å². The van der Waals surface area contributed by atoms with Gasteiger partial charge in [0.1, 0.15) is 5.75 Å². The zero-order valence-corrected chi connectivity index (χ0v) is 12.5. The molecule has 0 radical (unpaired) electrons. The lowest BCUT2D eigenvalue weighted by Crippen LogP contribution is -1.98. The van der Waals surface area contributed by atoms with Gasteiger partial charge in [-0.05, 0) is 48.3 Å². The van der Waals surface area contributed by atoms with Gasteiger partial charge in [-0.2, -0.15) is 0 Å². The summed E-state index contributed by atoms with van der Waals surface area (Å²) in [4.78, 5) is 3.32. The molecular weight excluding hydrogens is 268 g/mol. The van der Waals surface area contributed by atoms with E-state index in [9.17, 15) is 0 Å². The second-order valence-electron chi connectivity index (χ2n) is 5.14. The van der Waals surface area contributed by atoms with Crippen LogP contribution in [0.3, 0.4) is 0 Å². The van der Waals surface area contributed by atoms with Crippen molar-refractivity contribution in [3.63, 3.8) is 0 Å². The Bertz CT molecular complexity index is 694. The van der Waals surface area contributed by atoms with E-state index in [1.807, 2.05) is 23.7 Å². The molecule has 1 heterocycles. The summed E-state index contributed by atoms with van der Waals surface area (Å²) in [6.07, 6.45) is 6.68. The van der Waals surface area contributed by atoms with Crippen molar-refractivity contribution in [3.05, 3.63) is 52.6 Å². The van der Waals surface area contributed by atoms with Crippen LogP contribution in [0.4, 0.5) is 0 Å². The highest BCUT2D eigenvalue weighted by Crippen LogP contribution is 2.40. The van der Waals surface area contributed by atoms with Gasteiger partial charge in [0.25, 0.3) is 0 Å². The average Bonchev–Trinajstić information content (AvgIpc) is 3.06. The Balaban J connectivity index is 1.93. The van der Waals surface area contributed by atoms with Crippen molar-refractivity contribution in [1.29, 1.82) is 0 Å². The van der Waals surface area contributed by atoms with Crippen LogP contribution < -0.4 is 4.74 Å². The number of nitrogens with one attached hydrogen (secondary N) is 1. The summed E-state index contributed by atoms with van der Waals surface area (Å²) in [7, 11) is 3.67. The van der Waals surface area contributed by atoms with Crippen molar-refractivity contribution in [2.45, 2.75) is 18.8 Å². The number of methoxy groups -OCH3 is 1. The van der Waals surface area contributed by atoms with Gasteiger partial charge in [0, 0.05) is 24.9 Å². The van der Waals surface area contributed by atoms with E-state index in [0.29, 0.717) is 5.92 Å². The number of ether oxygens (including phenoxy) is 1. The molecule has 1 aromatic heterocycles. The molecule has 2 aromatic rings. The number of hydrogen-bond donors (Lipinski definition) is 1. The normalized spacial score (nSPS) is 18.1. The summed E-state index contributed by atoms with van der Waals surface area (Å²) in [5.41, 5.74) is 3.85. The molecule has 0 aliphatic heterocycles. The Hall–Kier alpha value is -1.81. The van der Waals surface area contributed by atoms with E-state index in [1.165, 1.54) is 16.8 Å². The van der Waals surface area contributed by atoms with Crippen molar-refractivity contribution in [3.8, 4) is 5.75 Å². The fourth-order valence-electron chi connectivity index (χ4n) is 2.82. The van der Waals surface area contributed by atoms with Crippen LogP contribution in [-0.4, -0.2) is 16.7 Å². The van der Waals surface area contributed by atoms with Crippen LogP contribution in [0.25, 0.3) is 5.57 Å². The molecule has 1 aliphatic rings. The summed E-state index contributed by atoms with van der Waals surface area (Å²) in [6, 6.07) is 8.28. The predicted octanol–water partition coefficient (Wildman–Crippen LogP) is 4.05. The lowest BCUT2D eigenvalue weighted by molar-refractivity contribution is 0.415. The van der Waals surface area contributed by atoms with Gasteiger partial charge in [0.15, 0.2) is 4.77 Å². The number of hydrogen-bond acceptors (Lipinski definition) is 2. The molecule has 1 aromatic carbocycles. The predicted molar refractivity (Wildman–Crippen MR) is 83.5 cm³/mol. The summed E-state index contributed by atoms with van der Waals surface area (Å²) in [5.74, 6) is 1.30. The van der Waals surface area contributed by atoms with Gasteiger partial charge in [0.05, 0.1) is 7.11 Å². The molecule has 4 heteroatoms. The standard InChI is InChI=1S/C16H18N2OS/c1-18-10-15(17-16(18)20)14-5-3-4-13(14)11-6-8-12(19-2)9-7-11/h4,6-10,14H,3,5H2,1-2H3,(H,17,20).